The second-order valence-electron chi connectivity index (χ2n) is 3.49. The number of Topliss-reactive ketones (excluding diaryl/α,β-unsaturated/α-hetero) is 1. The molecule has 86 valence electrons. The van der Waals surface area contributed by atoms with Gasteiger partial charge in [0, 0.05) is 26.1 Å². The highest BCUT2D eigenvalue weighted by molar-refractivity contribution is 5.93. The van der Waals surface area contributed by atoms with E-state index in [0.717, 1.165) is 13.1 Å². The Hall–Kier alpha value is -1.61. The van der Waals surface area contributed by atoms with Crippen LogP contribution in [-0.2, 0) is 0 Å². The standard InChI is InChI=1S/C13H17NO2/c1-3-8-14(9-4-2)10-7-12(15)13-6-5-11-16-13/h3-6,11H,1-2,7-10H2. The van der Waals surface area contributed by atoms with Crippen LogP contribution in [0.3, 0.4) is 0 Å². The fourth-order valence-electron chi connectivity index (χ4n) is 1.44. The van der Waals surface area contributed by atoms with Crippen molar-refractivity contribution in [3.05, 3.63) is 49.5 Å². The number of carbonyl (C=O) groups excluding carboxylic acids is 1. The minimum atomic E-state index is 0.0307. The van der Waals surface area contributed by atoms with Crippen molar-refractivity contribution in [3.8, 4) is 0 Å². The number of hydrogen-bond acceptors (Lipinski definition) is 3. The minimum absolute atomic E-state index is 0.0307. The summed E-state index contributed by atoms with van der Waals surface area (Å²) in [5, 5.41) is 0. The molecule has 0 radical (unpaired) electrons. The van der Waals surface area contributed by atoms with E-state index >= 15 is 0 Å². The van der Waals surface area contributed by atoms with E-state index in [2.05, 4.69) is 18.1 Å². The Kier molecular flexibility index (Phi) is 5.29. The molecule has 0 aliphatic heterocycles. The lowest BCUT2D eigenvalue weighted by molar-refractivity contribution is 0.0941. The first kappa shape index (κ1) is 12.5. The summed E-state index contributed by atoms with van der Waals surface area (Å²) in [4.78, 5) is 13.7. The van der Waals surface area contributed by atoms with Gasteiger partial charge in [0.1, 0.15) is 0 Å². The average molecular weight is 219 g/mol. The number of ketones is 1. The smallest absolute Gasteiger partial charge is 0.199 e. The predicted molar refractivity (Wildman–Crippen MR) is 64.5 cm³/mol. The Morgan fingerprint density at radius 2 is 2.06 bits per heavy atom. The van der Waals surface area contributed by atoms with E-state index in [0.29, 0.717) is 18.7 Å². The van der Waals surface area contributed by atoms with Crippen molar-refractivity contribution in [1.82, 2.24) is 4.90 Å². The molecule has 0 aromatic carbocycles. The summed E-state index contributed by atoms with van der Waals surface area (Å²) in [5.41, 5.74) is 0. The topological polar surface area (TPSA) is 33.5 Å². The van der Waals surface area contributed by atoms with Gasteiger partial charge in [0.05, 0.1) is 6.26 Å². The molecule has 0 amide bonds. The van der Waals surface area contributed by atoms with E-state index in [4.69, 9.17) is 4.42 Å². The maximum absolute atomic E-state index is 11.6. The molecular weight excluding hydrogens is 202 g/mol. The molecule has 0 spiro atoms. The van der Waals surface area contributed by atoms with Crippen LogP contribution in [0, 0.1) is 0 Å². The lowest BCUT2D eigenvalue weighted by Gasteiger charge is -2.17. The molecular formula is C13H17NO2. The minimum Gasteiger partial charge on any atom is -0.461 e. The van der Waals surface area contributed by atoms with E-state index in [9.17, 15) is 4.79 Å². The highest BCUT2D eigenvalue weighted by atomic mass is 16.3. The molecule has 3 heteroatoms. The Morgan fingerprint density at radius 1 is 1.38 bits per heavy atom. The second kappa shape index (κ2) is 6.80. The van der Waals surface area contributed by atoms with Gasteiger partial charge in [-0.1, -0.05) is 12.2 Å². The normalized spacial score (nSPS) is 10.3. The van der Waals surface area contributed by atoms with Gasteiger partial charge in [-0.3, -0.25) is 9.69 Å². The number of carbonyl (C=O) groups is 1. The van der Waals surface area contributed by atoms with Crippen molar-refractivity contribution in [3.63, 3.8) is 0 Å². The van der Waals surface area contributed by atoms with Gasteiger partial charge in [0.15, 0.2) is 11.5 Å². The van der Waals surface area contributed by atoms with Crippen LogP contribution in [-0.4, -0.2) is 30.3 Å². The zero-order chi connectivity index (χ0) is 11.8. The molecule has 3 nitrogen and oxygen atoms in total. The van der Waals surface area contributed by atoms with Crippen LogP contribution < -0.4 is 0 Å². The van der Waals surface area contributed by atoms with Gasteiger partial charge < -0.3 is 4.42 Å². The van der Waals surface area contributed by atoms with Crippen molar-refractivity contribution in [2.75, 3.05) is 19.6 Å². The first-order valence-electron chi connectivity index (χ1n) is 5.28. The van der Waals surface area contributed by atoms with Crippen LogP contribution in [0.25, 0.3) is 0 Å². The van der Waals surface area contributed by atoms with Crippen LogP contribution in [0.5, 0.6) is 0 Å². The Morgan fingerprint density at radius 3 is 2.56 bits per heavy atom. The van der Waals surface area contributed by atoms with Crippen LogP contribution in [0.15, 0.2) is 48.1 Å². The molecule has 1 rings (SSSR count). The first-order valence-corrected chi connectivity index (χ1v) is 5.28. The molecule has 0 fully saturated rings. The summed E-state index contributed by atoms with van der Waals surface area (Å²) in [7, 11) is 0. The molecule has 0 aliphatic carbocycles. The zero-order valence-electron chi connectivity index (χ0n) is 9.39. The zero-order valence-corrected chi connectivity index (χ0v) is 9.39. The summed E-state index contributed by atoms with van der Waals surface area (Å²) in [6, 6.07) is 3.41. The van der Waals surface area contributed by atoms with Gasteiger partial charge in [0.2, 0.25) is 0 Å². The molecule has 0 saturated carbocycles. The third-order valence-electron chi connectivity index (χ3n) is 2.23. The van der Waals surface area contributed by atoms with Crippen LogP contribution >= 0.6 is 0 Å². The van der Waals surface area contributed by atoms with Crippen LogP contribution in [0.2, 0.25) is 0 Å². The highest BCUT2D eigenvalue weighted by Crippen LogP contribution is 2.05. The Balaban J connectivity index is 2.39. The fourth-order valence-corrected chi connectivity index (χ4v) is 1.44. The van der Waals surface area contributed by atoms with Crippen molar-refractivity contribution in [2.45, 2.75) is 6.42 Å². The fraction of sp³-hybridized carbons (Fsp3) is 0.308. The molecule has 0 atom stereocenters. The number of furan rings is 1. The molecule has 0 N–H and O–H groups in total. The number of hydrogen-bond donors (Lipinski definition) is 0. The summed E-state index contributed by atoms with van der Waals surface area (Å²) >= 11 is 0. The second-order valence-corrected chi connectivity index (χ2v) is 3.49. The Labute approximate surface area is 96.1 Å². The SMILES string of the molecule is C=CCN(CC=C)CCC(=O)c1ccco1. The summed E-state index contributed by atoms with van der Waals surface area (Å²) in [6.07, 6.45) is 5.61. The molecule has 16 heavy (non-hydrogen) atoms. The van der Waals surface area contributed by atoms with Crippen LogP contribution in [0.1, 0.15) is 17.0 Å². The molecule has 1 aromatic rings. The predicted octanol–water partition coefficient (Wildman–Crippen LogP) is 2.53. The van der Waals surface area contributed by atoms with Gasteiger partial charge in [-0.25, -0.2) is 0 Å². The monoisotopic (exact) mass is 219 g/mol. The van der Waals surface area contributed by atoms with E-state index in [-0.39, 0.29) is 5.78 Å². The maximum Gasteiger partial charge on any atom is 0.199 e. The van der Waals surface area contributed by atoms with Crippen molar-refractivity contribution in [1.29, 1.82) is 0 Å². The van der Waals surface area contributed by atoms with Crippen molar-refractivity contribution >= 4 is 5.78 Å². The third kappa shape index (κ3) is 3.87. The van der Waals surface area contributed by atoms with E-state index in [1.54, 1.807) is 12.1 Å². The largest absolute Gasteiger partial charge is 0.461 e. The highest BCUT2D eigenvalue weighted by Gasteiger charge is 2.10. The summed E-state index contributed by atoms with van der Waals surface area (Å²) in [5.74, 6) is 0.459. The molecule has 1 aromatic heterocycles. The van der Waals surface area contributed by atoms with Crippen molar-refractivity contribution < 1.29 is 9.21 Å². The Bertz CT molecular complexity index is 331. The average Bonchev–Trinajstić information content (AvgIpc) is 2.79. The van der Waals surface area contributed by atoms with E-state index < -0.39 is 0 Å². The molecule has 0 saturated heterocycles. The third-order valence-corrected chi connectivity index (χ3v) is 2.23. The quantitative estimate of drug-likeness (QED) is 0.497. The van der Waals surface area contributed by atoms with Crippen molar-refractivity contribution in [2.24, 2.45) is 0 Å². The summed E-state index contributed by atoms with van der Waals surface area (Å²) < 4.78 is 5.04. The van der Waals surface area contributed by atoms with Gasteiger partial charge in [-0.15, -0.1) is 13.2 Å². The van der Waals surface area contributed by atoms with Gasteiger partial charge >= 0.3 is 0 Å². The van der Waals surface area contributed by atoms with Gasteiger partial charge in [-0.05, 0) is 12.1 Å². The summed E-state index contributed by atoms with van der Waals surface area (Å²) in [6.45, 7) is 9.58. The lowest BCUT2D eigenvalue weighted by atomic mass is 10.2. The van der Waals surface area contributed by atoms with Gasteiger partial charge in [-0.2, -0.15) is 0 Å². The molecule has 0 unspecified atom stereocenters. The van der Waals surface area contributed by atoms with Gasteiger partial charge in [0.25, 0.3) is 0 Å². The van der Waals surface area contributed by atoms with E-state index in [1.165, 1.54) is 6.26 Å². The van der Waals surface area contributed by atoms with Crippen LogP contribution in [0.4, 0.5) is 0 Å². The number of rotatable bonds is 8. The molecule has 0 aliphatic rings. The van der Waals surface area contributed by atoms with E-state index in [1.807, 2.05) is 12.2 Å². The first-order chi connectivity index (χ1) is 7.77. The maximum atomic E-state index is 11.6. The molecule has 0 bridgehead atoms. The molecule has 1 heterocycles. The number of nitrogens with zero attached hydrogens (tertiary/aromatic N) is 1. The lowest BCUT2D eigenvalue weighted by Crippen LogP contribution is -2.26.